The van der Waals surface area contributed by atoms with E-state index in [1.165, 1.54) is 18.4 Å². The summed E-state index contributed by atoms with van der Waals surface area (Å²) in [5.41, 5.74) is 1.32. The highest BCUT2D eigenvalue weighted by atomic mass is 16.3. The highest BCUT2D eigenvalue weighted by molar-refractivity contribution is 5.14. The minimum absolute atomic E-state index is 0.239. The van der Waals surface area contributed by atoms with Crippen LogP contribution in [0, 0.1) is 0 Å². The highest BCUT2D eigenvalue weighted by Crippen LogP contribution is 2.18. The third-order valence-corrected chi connectivity index (χ3v) is 3.33. The smallest absolute Gasteiger partial charge is 0.0558 e. The summed E-state index contributed by atoms with van der Waals surface area (Å²) in [6.45, 7) is 4.09. The van der Waals surface area contributed by atoms with Gasteiger partial charge in [-0.1, -0.05) is 30.3 Å². The van der Waals surface area contributed by atoms with Crippen molar-refractivity contribution in [2.75, 3.05) is 26.2 Å². The number of nitrogens with one attached hydrogen (secondary N) is 1. The van der Waals surface area contributed by atoms with Crippen molar-refractivity contribution >= 4 is 0 Å². The Morgan fingerprint density at radius 3 is 2.61 bits per heavy atom. The molecule has 0 saturated heterocycles. The number of hydrogen-bond acceptors (Lipinski definition) is 3. The van der Waals surface area contributed by atoms with Gasteiger partial charge in [0, 0.05) is 19.1 Å². The lowest BCUT2D eigenvalue weighted by Crippen LogP contribution is -2.30. The molecule has 1 aliphatic carbocycles. The summed E-state index contributed by atoms with van der Waals surface area (Å²) < 4.78 is 0. The first-order valence-corrected chi connectivity index (χ1v) is 6.99. The van der Waals surface area contributed by atoms with E-state index in [2.05, 4.69) is 34.5 Å². The van der Waals surface area contributed by atoms with Crippen molar-refractivity contribution in [3.63, 3.8) is 0 Å². The summed E-state index contributed by atoms with van der Waals surface area (Å²) in [5, 5.41) is 12.6. The standard InChI is InChI=1S/C15H24N2O/c18-12-11-17(10-4-9-16-15-7-8-15)13-14-5-2-1-3-6-14/h1-3,5-6,15-16,18H,4,7-13H2. The van der Waals surface area contributed by atoms with Gasteiger partial charge in [0.1, 0.15) is 0 Å². The van der Waals surface area contributed by atoms with Crippen LogP contribution in [-0.4, -0.2) is 42.3 Å². The molecule has 1 saturated carbocycles. The van der Waals surface area contributed by atoms with Crippen LogP contribution in [0.3, 0.4) is 0 Å². The molecular formula is C15H24N2O. The van der Waals surface area contributed by atoms with Crippen LogP contribution in [0.25, 0.3) is 0 Å². The Balaban J connectivity index is 1.68. The predicted octanol–water partition coefficient (Wildman–Crippen LogP) is 1.62. The van der Waals surface area contributed by atoms with Gasteiger partial charge in [-0.15, -0.1) is 0 Å². The van der Waals surface area contributed by atoms with Gasteiger partial charge in [0.15, 0.2) is 0 Å². The molecule has 2 N–H and O–H groups in total. The zero-order valence-corrected chi connectivity index (χ0v) is 11.0. The van der Waals surface area contributed by atoms with Crippen LogP contribution in [0.15, 0.2) is 30.3 Å². The van der Waals surface area contributed by atoms with Gasteiger partial charge < -0.3 is 10.4 Å². The van der Waals surface area contributed by atoms with Gasteiger partial charge in [-0.2, -0.15) is 0 Å². The second-order valence-electron chi connectivity index (χ2n) is 5.07. The third kappa shape index (κ3) is 5.17. The molecule has 1 aromatic carbocycles. The van der Waals surface area contributed by atoms with Crippen molar-refractivity contribution in [3.8, 4) is 0 Å². The van der Waals surface area contributed by atoms with E-state index in [0.29, 0.717) is 0 Å². The molecule has 1 fully saturated rings. The van der Waals surface area contributed by atoms with Crippen molar-refractivity contribution in [2.45, 2.75) is 31.8 Å². The summed E-state index contributed by atoms with van der Waals surface area (Å²) in [5.74, 6) is 0. The highest BCUT2D eigenvalue weighted by Gasteiger charge is 2.19. The zero-order chi connectivity index (χ0) is 12.6. The molecule has 0 radical (unpaired) electrons. The van der Waals surface area contributed by atoms with Crippen molar-refractivity contribution in [3.05, 3.63) is 35.9 Å². The second kappa shape index (κ2) is 7.52. The van der Waals surface area contributed by atoms with Gasteiger partial charge in [-0.25, -0.2) is 0 Å². The van der Waals surface area contributed by atoms with Crippen LogP contribution in [0.4, 0.5) is 0 Å². The van der Waals surface area contributed by atoms with E-state index in [4.69, 9.17) is 5.11 Å². The van der Waals surface area contributed by atoms with Crippen molar-refractivity contribution in [2.24, 2.45) is 0 Å². The van der Waals surface area contributed by atoms with Crippen LogP contribution >= 0.6 is 0 Å². The summed E-state index contributed by atoms with van der Waals surface area (Å²) in [6, 6.07) is 11.3. The third-order valence-electron chi connectivity index (χ3n) is 3.33. The van der Waals surface area contributed by atoms with Gasteiger partial charge in [0.2, 0.25) is 0 Å². The molecule has 0 amide bonds. The number of hydrogen-bond donors (Lipinski definition) is 2. The summed E-state index contributed by atoms with van der Waals surface area (Å²) >= 11 is 0. The maximum atomic E-state index is 9.11. The van der Waals surface area contributed by atoms with E-state index < -0.39 is 0 Å². The average Bonchev–Trinajstić information content (AvgIpc) is 3.20. The Hall–Kier alpha value is -0.900. The summed E-state index contributed by atoms with van der Waals surface area (Å²) in [7, 11) is 0. The van der Waals surface area contributed by atoms with Crippen molar-refractivity contribution < 1.29 is 5.11 Å². The fourth-order valence-corrected chi connectivity index (χ4v) is 2.15. The van der Waals surface area contributed by atoms with Crippen LogP contribution in [-0.2, 0) is 6.54 Å². The molecule has 100 valence electrons. The van der Waals surface area contributed by atoms with Crippen LogP contribution < -0.4 is 5.32 Å². The van der Waals surface area contributed by atoms with E-state index in [1.807, 2.05) is 6.07 Å². The van der Waals surface area contributed by atoms with Crippen LogP contribution in [0.5, 0.6) is 0 Å². The average molecular weight is 248 g/mol. The van der Waals surface area contributed by atoms with Gasteiger partial charge in [0.25, 0.3) is 0 Å². The number of aliphatic hydroxyl groups is 1. The lowest BCUT2D eigenvalue weighted by molar-refractivity contribution is 0.188. The predicted molar refractivity (Wildman–Crippen MR) is 74.4 cm³/mol. The fraction of sp³-hybridized carbons (Fsp3) is 0.600. The van der Waals surface area contributed by atoms with E-state index in [9.17, 15) is 0 Å². The zero-order valence-electron chi connectivity index (χ0n) is 11.0. The number of benzene rings is 1. The molecule has 0 unspecified atom stereocenters. The molecule has 18 heavy (non-hydrogen) atoms. The molecule has 0 heterocycles. The minimum atomic E-state index is 0.239. The molecule has 0 bridgehead atoms. The Morgan fingerprint density at radius 2 is 1.94 bits per heavy atom. The number of nitrogens with zero attached hydrogens (tertiary/aromatic N) is 1. The van der Waals surface area contributed by atoms with Crippen molar-refractivity contribution in [1.82, 2.24) is 10.2 Å². The lowest BCUT2D eigenvalue weighted by Gasteiger charge is -2.21. The molecule has 1 aromatic rings. The van der Waals surface area contributed by atoms with Crippen LogP contribution in [0.2, 0.25) is 0 Å². The van der Waals surface area contributed by atoms with Gasteiger partial charge in [-0.3, -0.25) is 4.90 Å². The minimum Gasteiger partial charge on any atom is -0.395 e. The first-order valence-electron chi connectivity index (χ1n) is 6.99. The lowest BCUT2D eigenvalue weighted by atomic mass is 10.2. The SMILES string of the molecule is OCCN(CCCNC1CC1)Cc1ccccc1. The largest absolute Gasteiger partial charge is 0.395 e. The maximum absolute atomic E-state index is 9.11. The first-order chi connectivity index (χ1) is 8.88. The maximum Gasteiger partial charge on any atom is 0.0558 e. The number of aliphatic hydroxyl groups excluding tert-OH is 1. The quantitative estimate of drug-likeness (QED) is 0.652. The molecule has 0 spiro atoms. The summed E-state index contributed by atoms with van der Waals surface area (Å²) in [4.78, 5) is 2.32. The molecule has 3 heteroatoms. The monoisotopic (exact) mass is 248 g/mol. The molecule has 1 aliphatic rings. The fourth-order valence-electron chi connectivity index (χ4n) is 2.15. The molecular weight excluding hydrogens is 224 g/mol. The van der Waals surface area contributed by atoms with E-state index in [0.717, 1.165) is 38.6 Å². The normalized spacial score (nSPS) is 15.2. The first kappa shape index (κ1) is 13.5. The Kier molecular flexibility index (Phi) is 5.65. The van der Waals surface area contributed by atoms with Crippen LogP contribution in [0.1, 0.15) is 24.8 Å². The molecule has 0 aliphatic heterocycles. The van der Waals surface area contributed by atoms with Gasteiger partial charge >= 0.3 is 0 Å². The Bertz CT molecular complexity index is 325. The van der Waals surface area contributed by atoms with E-state index in [-0.39, 0.29) is 6.61 Å². The summed E-state index contributed by atoms with van der Waals surface area (Å²) in [6.07, 6.45) is 3.86. The molecule has 0 atom stereocenters. The van der Waals surface area contributed by atoms with Crippen molar-refractivity contribution in [1.29, 1.82) is 0 Å². The van der Waals surface area contributed by atoms with E-state index in [1.54, 1.807) is 0 Å². The van der Waals surface area contributed by atoms with Gasteiger partial charge in [0.05, 0.1) is 6.61 Å². The van der Waals surface area contributed by atoms with Gasteiger partial charge in [-0.05, 0) is 37.9 Å². The number of rotatable bonds is 9. The molecule has 0 aromatic heterocycles. The Morgan fingerprint density at radius 1 is 1.17 bits per heavy atom. The Labute approximate surface area is 110 Å². The topological polar surface area (TPSA) is 35.5 Å². The second-order valence-corrected chi connectivity index (χ2v) is 5.07. The van der Waals surface area contributed by atoms with E-state index >= 15 is 0 Å². The molecule has 2 rings (SSSR count). The molecule has 3 nitrogen and oxygen atoms in total.